The molecule has 1 aromatic carbocycles. The van der Waals surface area contributed by atoms with E-state index in [2.05, 4.69) is 14.9 Å². The first-order valence-corrected chi connectivity index (χ1v) is 6.48. The fourth-order valence-electron chi connectivity index (χ4n) is 1.51. The lowest BCUT2D eigenvalue weighted by molar-refractivity contribution is -0.131. The highest BCUT2D eigenvalue weighted by molar-refractivity contribution is 7.07. The first-order valence-electron chi connectivity index (χ1n) is 5.70. The summed E-state index contributed by atoms with van der Waals surface area (Å²) >= 11 is 1.03. The molecule has 0 unspecified atom stereocenters. The average molecular weight is 289 g/mol. The van der Waals surface area contributed by atoms with E-state index in [-0.39, 0.29) is 5.91 Å². The first kappa shape index (κ1) is 13.9. The van der Waals surface area contributed by atoms with Crippen molar-refractivity contribution >= 4 is 29.5 Å². The van der Waals surface area contributed by atoms with Crippen molar-refractivity contribution in [1.29, 1.82) is 0 Å². The fourth-order valence-corrected chi connectivity index (χ4v) is 1.94. The quantitative estimate of drug-likeness (QED) is 0.815. The van der Waals surface area contributed by atoms with Crippen LogP contribution in [0, 0.1) is 0 Å². The molecule has 2 aromatic rings. The van der Waals surface area contributed by atoms with Crippen LogP contribution in [0.2, 0.25) is 0 Å². The van der Waals surface area contributed by atoms with Crippen LogP contribution < -0.4 is 5.32 Å². The van der Waals surface area contributed by atoms with E-state index in [0.29, 0.717) is 11.4 Å². The third-order valence-electron chi connectivity index (χ3n) is 2.41. The molecule has 6 nitrogen and oxygen atoms in total. The van der Waals surface area contributed by atoms with Gasteiger partial charge in [0, 0.05) is 12.6 Å². The van der Waals surface area contributed by atoms with Gasteiger partial charge in [0.15, 0.2) is 0 Å². The number of benzene rings is 1. The predicted molar refractivity (Wildman–Crippen MR) is 74.2 cm³/mol. The molecule has 0 aliphatic heterocycles. The van der Waals surface area contributed by atoms with Gasteiger partial charge in [0.2, 0.25) is 0 Å². The Morgan fingerprint density at radius 2 is 2.25 bits per heavy atom. The Bertz CT molecular complexity index is 638. The standard InChI is InChI=1S/C13H11N3O3S/c17-12(18)5-4-9-2-1-3-10(6-9)7-14-13(19)11-8-15-16-20-11/h1-6,8H,7H2,(H,14,19)(H,17,18). The number of nitrogens with zero attached hydrogens (tertiary/aromatic N) is 2. The molecule has 0 fully saturated rings. The highest BCUT2D eigenvalue weighted by atomic mass is 32.1. The van der Waals surface area contributed by atoms with Crippen LogP contribution in [0.3, 0.4) is 0 Å². The molecule has 0 radical (unpaired) electrons. The van der Waals surface area contributed by atoms with Gasteiger partial charge in [-0.25, -0.2) is 4.79 Å². The third-order valence-corrected chi connectivity index (χ3v) is 3.07. The highest BCUT2D eigenvalue weighted by Crippen LogP contribution is 2.08. The Morgan fingerprint density at radius 1 is 1.40 bits per heavy atom. The Hall–Kier alpha value is -2.54. The van der Waals surface area contributed by atoms with Crippen molar-refractivity contribution in [2.45, 2.75) is 6.54 Å². The van der Waals surface area contributed by atoms with Crippen LogP contribution in [0.5, 0.6) is 0 Å². The summed E-state index contributed by atoms with van der Waals surface area (Å²) in [5, 5.41) is 14.9. The van der Waals surface area contributed by atoms with Crippen molar-refractivity contribution in [3.05, 3.63) is 52.5 Å². The van der Waals surface area contributed by atoms with Gasteiger partial charge in [-0.05, 0) is 34.8 Å². The van der Waals surface area contributed by atoms with E-state index in [1.807, 2.05) is 12.1 Å². The molecule has 0 saturated carbocycles. The van der Waals surface area contributed by atoms with Crippen LogP contribution in [-0.2, 0) is 11.3 Å². The largest absolute Gasteiger partial charge is 0.478 e. The van der Waals surface area contributed by atoms with Gasteiger partial charge >= 0.3 is 5.97 Å². The molecule has 102 valence electrons. The summed E-state index contributed by atoms with van der Waals surface area (Å²) in [4.78, 5) is 22.6. The Kier molecular flexibility index (Phi) is 4.56. The van der Waals surface area contributed by atoms with Crippen molar-refractivity contribution < 1.29 is 14.7 Å². The molecule has 0 spiro atoms. The number of rotatable bonds is 5. The second kappa shape index (κ2) is 6.58. The molecule has 0 aliphatic rings. The monoisotopic (exact) mass is 289 g/mol. The zero-order valence-corrected chi connectivity index (χ0v) is 11.1. The van der Waals surface area contributed by atoms with Crippen LogP contribution >= 0.6 is 11.5 Å². The van der Waals surface area contributed by atoms with Crippen molar-refractivity contribution in [2.24, 2.45) is 0 Å². The summed E-state index contributed by atoms with van der Waals surface area (Å²) in [5.74, 6) is -1.23. The summed E-state index contributed by atoms with van der Waals surface area (Å²) in [6.45, 7) is 0.353. The highest BCUT2D eigenvalue weighted by Gasteiger charge is 2.07. The van der Waals surface area contributed by atoms with Gasteiger partial charge in [-0.15, -0.1) is 5.10 Å². The topological polar surface area (TPSA) is 92.2 Å². The Morgan fingerprint density at radius 3 is 2.95 bits per heavy atom. The van der Waals surface area contributed by atoms with Gasteiger partial charge < -0.3 is 10.4 Å². The SMILES string of the molecule is O=C(O)C=Cc1cccc(CNC(=O)c2cnns2)c1. The van der Waals surface area contributed by atoms with Crippen molar-refractivity contribution in [2.75, 3.05) is 0 Å². The number of aromatic nitrogens is 2. The number of amides is 1. The smallest absolute Gasteiger partial charge is 0.328 e. The molecule has 2 N–H and O–H groups in total. The molecule has 0 aliphatic carbocycles. The number of carbonyl (C=O) groups is 2. The van der Waals surface area contributed by atoms with Crippen molar-refractivity contribution in [3.8, 4) is 0 Å². The fraction of sp³-hybridized carbons (Fsp3) is 0.0769. The van der Waals surface area contributed by atoms with Gasteiger partial charge in [-0.2, -0.15) is 0 Å². The summed E-state index contributed by atoms with van der Waals surface area (Å²) in [7, 11) is 0. The van der Waals surface area contributed by atoms with Gasteiger partial charge in [0.25, 0.3) is 5.91 Å². The second-order valence-corrected chi connectivity index (χ2v) is 4.67. The maximum atomic E-state index is 11.7. The van der Waals surface area contributed by atoms with Crippen LogP contribution in [0.4, 0.5) is 0 Å². The molecule has 0 bridgehead atoms. The third kappa shape index (κ3) is 3.99. The van der Waals surface area contributed by atoms with Gasteiger partial charge in [0.05, 0.1) is 6.20 Å². The van der Waals surface area contributed by atoms with Crippen LogP contribution in [-0.4, -0.2) is 26.6 Å². The normalized spacial score (nSPS) is 10.6. The lowest BCUT2D eigenvalue weighted by Crippen LogP contribution is -2.21. The number of hydrogen-bond acceptors (Lipinski definition) is 5. The van der Waals surface area contributed by atoms with E-state index in [1.165, 1.54) is 12.3 Å². The summed E-state index contributed by atoms with van der Waals surface area (Å²) in [6.07, 6.45) is 3.98. The number of aliphatic carboxylic acids is 1. The summed E-state index contributed by atoms with van der Waals surface area (Å²) in [6, 6.07) is 7.25. The van der Waals surface area contributed by atoms with Crippen molar-refractivity contribution in [1.82, 2.24) is 14.9 Å². The lowest BCUT2D eigenvalue weighted by atomic mass is 10.1. The van der Waals surface area contributed by atoms with E-state index >= 15 is 0 Å². The first-order chi connectivity index (χ1) is 9.65. The average Bonchev–Trinajstić information content (AvgIpc) is 2.97. The number of carboxylic acid groups (broad SMARTS) is 1. The number of carboxylic acids is 1. The molecular formula is C13H11N3O3S. The van der Waals surface area contributed by atoms with Crippen LogP contribution in [0.15, 0.2) is 36.5 Å². The van der Waals surface area contributed by atoms with Crippen molar-refractivity contribution in [3.63, 3.8) is 0 Å². The lowest BCUT2D eigenvalue weighted by Gasteiger charge is -2.04. The van der Waals surface area contributed by atoms with E-state index < -0.39 is 5.97 Å². The molecule has 2 rings (SSSR count). The van der Waals surface area contributed by atoms with Gasteiger partial charge in [-0.3, -0.25) is 4.79 Å². The molecule has 1 heterocycles. The maximum Gasteiger partial charge on any atom is 0.328 e. The van der Waals surface area contributed by atoms with Crippen LogP contribution in [0.25, 0.3) is 6.08 Å². The van der Waals surface area contributed by atoms with E-state index in [1.54, 1.807) is 12.1 Å². The number of nitrogens with one attached hydrogen (secondary N) is 1. The molecule has 7 heteroatoms. The minimum atomic E-state index is -0.999. The molecule has 1 aromatic heterocycles. The van der Waals surface area contributed by atoms with Gasteiger partial charge in [-0.1, -0.05) is 22.7 Å². The molecule has 20 heavy (non-hydrogen) atoms. The molecule has 1 amide bonds. The summed E-state index contributed by atoms with van der Waals surface area (Å²) in [5.41, 5.74) is 1.64. The molecular weight excluding hydrogens is 278 g/mol. The van der Waals surface area contributed by atoms with Crippen LogP contribution in [0.1, 0.15) is 20.8 Å². The van der Waals surface area contributed by atoms with E-state index in [0.717, 1.165) is 28.7 Å². The predicted octanol–water partition coefficient (Wildman–Crippen LogP) is 1.57. The zero-order chi connectivity index (χ0) is 14.4. The number of hydrogen-bond donors (Lipinski definition) is 2. The van der Waals surface area contributed by atoms with E-state index in [4.69, 9.17) is 5.11 Å². The molecule has 0 atom stereocenters. The van der Waals surface area contributed by atoms with E-state index in [9.17, 15) is 9.59 Å². The minimum Gasteiger partial charge on any atom is -0.478 e. The maximum absolute atomic E-state index is 11.7. The summed E-state index contributed by atoms with van der Waals surface area (Å²) < 4.78 is 3.62. The molecule has 0 saturated heterocycles. The minimum absolute atomic E-state index is 0.230. The van der Waals surface area contributed by atoms with Gasteiger partial charge in [0.1, 0.15) is 4.88 Å². The Labute approximate surface area is 118 Å². The zero-order valence-electron chi connectivity index (χ0n) is 10.3. The number of carbonyl (C=O) groups excluding carboxylic acids is 1. The Balaban J connectivity index is 1.98. The second-order valence-electron chi connectivity index (χ2n) is 3.88.